The van der Waals surface area contributed by atoms with Gasteiger partial charge in [0.15, 0.2) is 0 Å². The second kappa shape index (κ2) is 8.26. The van der Waals surface area contributed by atoms with Crippen molar-refractivity contribution in [3.63, 3.8) is 0 Å². The van der Waals surface area contributed by atoms with Crippen molar-refractivity contribution in [2.24, 2.45) is 0 Å². The van der Waals surface area contributed by atoms with Gasteiger partial charge in [0.1, 0.15) is 17.3 Å². The molecule has 4 N–H and O–H groups in total. The molecule has 2 amide bonds. The molecule has 8 nitrogen and oxygen atoms in total. The maximum atomic E-state index is 14.0. The molecule has 0 aliphatic carbocycles. The maximum absolute atomic E-state index is 14.0. The van der Waals surface area contributed by atoms with E-state index in [1.807, 2.05) is 32.0 Å². The van der Waals surface area contributed by atoms with Gasteiger partial charge in [-0.25, -0.2) is 14.4 Å². The second-order valence-electron chi connectivity index (χ2n) is 8.94. The molecule has 0 saturated heterocycles. The Balaban J connectivity index is 1.38. The zero-order valence-corrected chi connectivity index (χ0v) is 18.7. The smallest absolute Gasteiger partial charge is 0.259 e. The molecular formula is C25H23FN6O2. The zero-order chi connectivity index (χ0) is 23.9. The minimum Gasteiger partial charge on any atom is -0.365 e. The predicted octanol–water partition coefficient (Wildman–Crippen LogP) is 4.58. The quantitative estimate of drug-likeness (QED) is 0.350. The van der Waals surface area contributed by atoms with Crippen molar-refractivity contribution in [2.75, 3.05) is 16.0 Å². The van der Waals surface area contributed by atoms with Gasteiger partial charge in [0.2, 0.25) is 5.91 Å². The van der Waals surface area contributed by atoms with E-state index in [1.54, 1.807) is 24.5 Å². The Morgan fingerprint density at radius 2 is 2.03 bits per heavy atom. The van der Waals surface area contributed by atoms with Crippen molar-refractivity contribution < 1.29 is 14.0 Å². The molecule has 0 saturated carbocycles. The Labute approximate surface area is 195 Å². The number of nitrogens with one attached hydrogen (secondary N) is 4. The molecule has 1 aromatic carbocycles. The lowest BCUT2D eigenvalue weighted by Crippen LogP contribution is -2.32. The number of pyridine rings is 2. The molecule has 172 valence electrons. The van der Waals surface area contributed by atoms with Crippen molar-refractivity contribution in [1.29, 1.82) is 0 Å². The van der Waals surface area contributed by atoms with Gasteiger partial charge in [-0.15, -0.1) is 0 Å². The number of H-pyrrole nitrogens is 1. The van der Waals surface area contributed by atoms with E-state index >= 15 is 0 Å². The van der Waals surface area contributed by atoms with Crippen LogP contribution < -0.4 is 16.0 Å². The monoisotopic (exact) mass is 458 g/mol. The van der Waals surface area contributed by atoms with Crippen LogP contribution in [-0.2, 0) is 16.8 Å². The highest BCUT2D eigenvalue weighted by molar-refractivity contribution is 6.08. The number of aromatic amines is 1. The van der Waals surface area contributed by atoms with Gasteiger partial charge in [-0.1, -0.05) is 19.9 Å². The summed E-state index contributed by atoms with van der Waals surface area (Å²) in [5, 5.41) is 9.73. The summed E-state index contributed by atoms with van der Waals surface area (Å²) in [5.41, 5.74) is 3.61. The van der Waals surface area contributed by atoms with Crippen LogP contribution in [0.5, 0.6) is 0 Å². The molecule has 0 radical (unpaired) electrons. The SMILES string of the molecule is CC1(C)CC(=O)Nc2cc(NC(=O)c3cc(F)cnc3NCc3ccnc4[nH]ccc34)ccc21. The molecule has 3 aromatic heterocycles. The maximum Gasteiger partial charge on any atom is 0.259 e. The molecule has 4 aromatic rings. The van der Waals surface area contributed by atoms with Crippen molar-refractivity contribution in [1.82, 2.24) is 15.0 Å². The summed E-state index contributed by atoms with van der Waals surface area (Å²) in [4.78, 5) is 36.6. The summed E-state index contributed by atoms with van der Waals surface area (Å²) in [6.07, 6.45) is 4.95. The van der Waals surface area contributed by atoms with Crippen LogP contribution in [0.25, 0.3) is 11.0 Å². The third kappa shape index (κ3) is 4.07. The van der Waals surface area contributed by atoms with Gasteiger partial charge in [0, 0.05) is 47.5 Å². The Kier molecular flexibility index (Phi) is 5.24. The standard InChI is InChI=1S/C25H23FN6O2/c1-25(2)11-21(33)32-20-10-16(3-4-19(20)25)31-24(34)18-9-15(26)13-30-23(18)29-12-14-5-7-27-22-17(14)6-8-28-22/h3-10,13H,11-12H2,1-2H3,(H,27,28)(H,29,30)(H,31,34)(H,32,33). The van der Waals surface area contributed by atoms with Crippen molar-refractivity contribution in [3.05, 3.63) is 77.5 Å². The van der Waals surface area contributed by atoms with E-state index in [9.17, 15) is 14.0 Å². The van der Waals surface area contributed by atoms with Crippen LogP contribution in [0.15, 0.2) is 55.0 Å². The fourth-order valence-corrected chi connectivity index (χ4v) is 4.31. The normalized spacial score (nSPS) is 14.4. The largest absolute Gasteiger partial charge is 0.365 e. The number of carbonyl (C=O) groups is 2. The number of benzene rings is 1. The summed E-state index contributed by atoms with van der Waals surface area (Å²) < 4.78 is 14.0. The number of anilines is 3. The topological polar surface area (TPSA) is 112 Å². The zero-order valence-electron chi connectivity index (χ0n) is 18.7. The van der Waals surface area contributed by atoms with E-state index in [0.717, 1.165) is 34.4 Å². The highest BCUT2D eigenvalue weighted by atomic mass is 19.1. The Bertz CT molecular complexity index is 1430. The van der Waals surface area contributed by atoms with Crippen LogP contribution in [0, 0.1) is 5.82 Å². The lowest BCUT2D eigenvalue weighted by Gasteiger charge is -2.32. The average Bonchev–Trinajstić information content (AvgIpc) is 3.27. The van der Waals surface area contributed by atoms with Gasteiger partial charge in [-0.2, -0.15) is 0 Å². The molecule has 5 rings (SSSR count). The number of amides is 2. The van der Waals surface area contributed by atoms with Gasteiger partial charge >= 0.3 is 0 Å². The number of aromatic nitrogens is 3. The first-order valence-electron chi connectivity index (χ1n) is 10.9. The first-order chi connectivity index (χ1) is 16.3. The van der Waals surface area contributed by atoms with Gasteiger partial charge in [-0.05, 0) is 41.5 Å². The number of halogens is 1. The fourth-order valence-electron chi connectivity index (χ4n) is 4.31. The molecule has 0 unspecified atom stereocenters. The number of nitrogens with zero attached hydrogens (tertiary/aromatic N) is 2. The first kappa shape index (κ1) is 21.6. The van der Waals surface area contributed by atoms with Gasteiger partial charge < -0.3 is 20.9 Å². The van der Waals surface area contributed by atoms with Crippen molar-refractivity contribution in [3.8, 4) is 0 Å². The van der Waals surface area contributed by atoms with E-state index in [4.69, 9.17) is 0 Å². The summed E-state index contributed by atoms with van der Waals surface area (Å²) in [6, 6.07) is 10.3. The Morgan fingerprint density at radius 3 is 2.88 bits per heavy atom. The molecule has 9 heteroatoms. The number of fused-ring (bicyclic) bond motifs is 2. The van der Waals surface area contributed by atoms with E-state index in [-0.39, 0.29) is 22.7 Å². The molecular weight excluding hydrogens is 435 g/mol. The molecule has 0 fully saturated rings. The average molecular weight is 458 g/mol. The van der Waals surface area contributed by atoms with Crippen molar-refractivity contribution in [2.45, 2.75) is 32.2 Å². The molecule has 34 heavy (non-hydrogen) atoms. The highest BCUT2D eigenvalue weighted by Crippen LogP contribution is 2.38. The molecule has 1 aliphatic rings. The van der Waals surface area contributed by atoms with Crippen LogP contribution >= 0.6 is 0 Å². The third-order valence-electron chi connectivity index (χ3n) is 5.98. The molecule has 0 spiro atoms. The van der Waals surface area contributed by atoms with Crippen LogP contribution in [-0.4, -0.2) is 26.8 Å². The van der Waals surface area contributed by atoms with Crippen LogP contribution in [0.4, 0.5) is 21.6 Å². The molecule has 1 aliphatic heterocycles. The second-order valence-corrected chi connectivity index (χ2v) is 8.94. The summed E-state index contributed by atoms with van der Waals surface area (Å²) in [7, 11) is 0. The fraction of sp³-hybridized carbons (Fsp3) is 0.200. The number of hydrogen-bond donors (Lipinski definition) is 4. The first-order valence-corrected chi connectivity index (χ1v) is 10.9. The third-order valence-corrected chi connectivity index (χ3v) is 5.98. The molecule has 0 atom stereocenters. The number of rotatable bonds is 5. The number of hydrogen-bond acceptors (Lipinski definition) is 5. The summed E-state index contributed by atoms with van der Waals surface area (Å²) >= 11 is 0. The molecule has 0 bridgehead atoms. The van der Waals surface area contributed by atoms with Gasteiger partial charge in [0.25, 0.3) is 5.91 Å². The molecule has 4 heterocycles. The van der Waals surface area contributed by atoms with Crippen LogP contribution in [0.3, 0.4) is 0 Å². The van der Waals surface area contributed by atoms with E-state index in [1.165, 1.54) is 0 Å². The summed E-state index contributed by atoms with van der Waals surface area (Å²) in [6.45, 7) is 4.38. The van der Waals surface area contributed by atoms with E-state index in [0.29, 0.717) is 24.3 Å². The van der Waals surface area contributed by atoms with E-state index in [2.05, 4.69) is 30.9 Å². The number of carbonyl (C=O) groups excluding carboxylic acids is 2. The van der Waals surface area contributed by atoms with Gasteiger partial charge in [-0.3, -0.25) is 9.59 Å². The van der Waals surface area contributed by atoms with Crippen LogP contribution in [0.2, 0.25) is 0 Å². The van der Waals surface area contributed by atoms with E-state index < -0.39 is 11.7 Å². The van der Waals surface area contributed by atoms with Crippen molar-refractivity contribution >= 4 is 40.0 Å². The lowest BCUT2D eigenvalue weighted by molar-refractivity contribution is -0.117. The lowest BCUT2D eigenvalue weighted by atomic mass is 9.78. The Morgan fingerprint density at radius 1 is 1.18 bits per heavy atom. The highest BCUT2D eigenvalue weighted by Gasteiger charge is 2.32. The summed E-state index contributed by atoms with van der Waals surface area (Å²) in [5.74, 6) is -0.953. The Hall–Kier alpha value is -4.27. The minimum atomic E-state index is -0.618. The predicted molar refractivity (Wildman–Crippen MR) is 128 cm³/mol. The van der Waals surface area contributed by atoms with Crippen LogP contribution in [0.1, 0.15) is 41.8 Å². The van der Waals surface area contributed by atoms with Gasteiger partial charge in [0.05, 0.1) is 11.8 Å². The minimum absolute atomic E-state index is 0.0708.